The van der Waals surface area contributed by atoms with Crippen LogP contribution in [-0.2, 0) is 4.79 Å². The van der Waals surface area contributed by atoms with Crippen molar-refractivity contribution in [3.8, 4) is 0 Å². The Bertz CT molecular complexity index is 598. The first-order valence-corrected chi connectivity index (χ1v) is 9.32. The van der Waals surface area contributed by atoms with Crippen molar-refractivity contribution in [2.75, 3.05) is 18.4 Å². The molecule has 1 aromatic rings. The molecule has 2 rings (SSSR count). The van der Waals surface area contributed by atoms with E-state index in [4.69, 9.17) is 0 Å². The highest BCUT2D eigenvalue weighted by Crippen LogP contribution is 2.21. The summed E-state index contributed by atoms with van der Waals surface area (Å²) in [6.45, 7) is 7.43. The van der Waals surface area contributed by atoms with Crippen LogP contribution in [0.5, 0.6) is 0 Å². The number of piperidine rings is 1. The molecule has 0 aliphatic carbocycles. The highest BCUT2D eigenvalue weighted by atomic mass is 79.9. The molecule has 0 bridgehead atoms. The van der Waals surface area contributed by atoms with Crippen LogP contribution in [0.1, 0.15) is 38.7 Å². The van der Waals surface area contributed by atoms with E-state index >= 15 is 0 Å². The molecule has 1 saturated heterocycles. The van der Waals surface area contributed by atoms with E-state index in [1.165, 1.54) is 0 Å². The summed E-state index contributed by atoms with van der Waals surface area (Å²) in [6, 6.07) is 5.64. The van der Waals surface area contributed by atoms with E-state index in [9.17, 15) is 9.59 Å². The first kappa shape index (κ1) is 18.8. The molecule has 24 heavy (non-hydrogen) atoms. The van der Waals surface area contributed by atoms with Crippen LogP contribution in [0.4, 0.5) is 10.5 Å². The van der Waals surface area contributed by atoms with Crippen LogP contribution in [0.3, 0.4) is 0 Å². The highest BCUT2D eigenvalue weighted by molar-refractivity contribution is 9.10. The molecule has 6 heteroatoms. The number of carbonyl (C=O) groups is 2. The maximum atomic E-state index is 12.2. The van der Waals surface area contributed by atoms with E-state index in [0.717, 1.165) is 35.0 Å². The van der Waals surface area contributed by atoms with Gasteiger partial charge >= 0.3 is 6.03 Å². The molecule has 0 unspecified atom stereocenters. The van der Waals surface area contributed by atoms with E-state index in [-0.39, 0.29) is 23.9 Å². The Morgan fingerprint density at radius 3 is 2.58 bits per heavy atom. The summed E-state index contributed by atoms with van der Waals surface area (Å²) in [4.78, 5) is 26.2. The number of aryl methyl sites for hydroxylation is 1. The molecular formula is C18H26BrN3O2. The van der Waals surface area contributed by atoms with Gasteiger partial charge in [-0.3, -0.25) is 4.79 Å². The zero-order valence-corrected chi connectivity index (χ0v) is 16.1. The summed E-state index contributed by atoms with van der Waals surface area (Å²) >= 11 is 3.46. The van der Waals surface area contributed by atoms with Gasteiger partial charge in [-0.1, -0.05) is 35.8 Å². The Morgan fingerprint density at radius 1 is 1.33 bits per heavy atom. The molecule has 132 valence electrons. The third kappa shape index (κ3) is 4.97. The molecule has 3 amide bonds. The summed E-state index contributed by atoms with van der Waals surface area (Å²) in [7, 11) is 0. The van der Waals surface area contributed by atoms with E-state index < -0.39 is 0 Å². The van der Waals surface area contributed by atoms with Gasteiger partial charge in [0.2, 0.25) is 5.91 Å². The molecular weight excluding hydrogens is 370 g/mol. The molecule has 1 aliphatic heterocycles. The van der Waals surface area contributed by atoms with Gasteiger partial charge in [-0.2, -0.15) is 0 Å². The standard InChI is InChI=1S/C18H26BrN3O2/c1-4-12(2)17(23)22-9-7-14(8-10-22)20-18(24)21-15-6-5-13(3)16(19)11-15/h5-6,11-12,14H,4,7-10H2,1-3H3,(H2,20,21,24)/t12-/m0/s1. The summed E-state index contributed by atoms with van der Waals surface area (Å²) in [5, 5.41) is 5.86. The Morgan fingerprint density at radius 2 is 2.00 bits per heavy atom. The van der Waals surface area contributed by atoms with Gasteiger partial charge in [-0.15, -0.1) is 0 Å². The SMILES string of the molecule is CC[C@H](C)C(=O)N1CCC(NC(=O)Nc2ccc(C)c(Br)c2)CC1. The van der Waals surface area contributed by atoms with Crippen LogP contribution < -0.4 is 10.6 Å². The fraction of sp³-hybridized carbons (Fsp3) is 0.556. The molecule has 1 aliphatic rings. The van der Waals surface area contributed by atoms with Gasteiger partial charge in [0.05, 0.1) is 0 Å². The second kappa shape index (κ2) is 8.51. The van der Waals surface area contributed by atoms with Gasteiger partial charge in [0.25, 0.3) is 0 Å². The molecule has 5 nitrogen and oxygen atoms in total. The molecule has 1 heterocycles. The fourth-order valence-corrected chi connectivity index (χ4v) is 3.13. The molecule has 0 aromatic heterocycles. The van der Waals surface area contributed by atoms with Crippen molar-refractivity contribution in [1.29, 1.82) is 0 Å². The number of nitrogens with zero attached hydrogens (tertiary/aromatic N) is 1. The van der Waals surface area contributed by atoms with Crippen molar-refractivity contribution < 1.29 is 9.59 Å². The minimum atomic E-state index is -0.197. The quantitative estimate of drug-likeness (QED) is 0.811. The molecule has 1 aromatic carbocycles. The van der Waals surface area contributed by atoms with Crippen LogP contribution in [0, 0.1) is 12.8 Å². The van der Waals surface area contributed by atoms with Crippen LogP contribution >= 0.6 is 15.9 Å². The van der Waals surface area contributed by atoms with E-state index in [0.29, 0.717) is 13.1 Å². The zero-order valence-electron chi connectivity index (χ0n) is 14.6. The molecule has 0 saturated carbocycles. The van der Waals surface area contributed by atoms with Crippen molar-refractivity contribution >= 4 is 33.6 Å². The largest absolute Gasteiger partial charge is 0.342 e. The van der Waals surface area contributed by atoms with Crippen molar-refractivity contribution in [1.82, 2.24) is 10.2 Å². The Balaban J connectivity index is 1.80. The van der Waals surface area contributed by atoms with Gasteiger partial charge in [-0.25, -0.2) is 4.79 Å². The van der Waals surface area contributed by atoms with Crippen LogP contribution in [-0.4, -0.2) is 36.0 Å². The van der Waals surface area contributed by atoms with Crippen LogP contribution in [0.25, 0.3) is 0 Å². The molecule has 1 atom stereocenters. The Labute approximate surface area is 152 Å². The third-order valence-corrected chi connectivity index (χ3v) is 5.46. The lowest BCUT2D eigenvalue weighted by Gasteiger charge is -2.33. The second-order valence-electron chi connectivity index (χ2n) is 6.47. The van der Waals surface area contributed by atoms with Crippen molar-refractivity contribution in [2.24, 2.45) is 5.92 Å². The molecule has 1 fully saturated rings. The van der Waals surface area contributed by atoms with Crippen LogP contribution in [0.15, 0.2) is 22.7 Å². The first-order valence-electron chi connectivity index (χ1n) is 8.53. The van der Waals surface area contributed by atoms with E-state index in [1.807, 2.05) is 43.9 Å². The maximum absolute atomic E-state index is 12.2. The van der Waals surface area contributed by atoms with Crippen molar-refractivity contribution in [2.45, 2.75) is 46.1 Å². The van der Waals surface area contributed by atoms with Gasteiger partial charge in [0, 0.05) is 35.2 Å². The minimum Gasteiger partial charge on any atom is -0.342 e. The fourth-order valence-electron chi connectivity index (χ4n) is 2.75. The lowest BCUT2D eigenvalue weighted by molar-refractivity contribution is -0.136. The second-order valence-corrected chi connectivity index (χ2v) is 7.33. The summed E-state index contributed by atoms with van der Waals surface area (Å²) in [5.74, 6) is 0.308. The number of nitrogens with one attached hydrogen (secondary N) is 2. The van der Waals surface area contributed by atoms with Crippen LogP contribution in [0.2, 0.25) is 0 Å². The number of halogens is 1. The normalized spacial score (nSPS) is 16.6. The minimum absolute atomic E-state index is 0.0813. The predicted molar refractivity (Wildman–Crippen MR) is 100 cm³/mol. The van der Waals surface area contributed by atoms with Gasteiger partial charge in [0.15, 0.2) is 0 Å². The lowest BCUT2D eigenvalue weighted by atomic mass is 10.0. The van der Waals surface area contributed by atoms with Crippen molar-refractivity contribution in [3.05, 3.63) is 28.2 Å². The number of carbonyl (C=O) groups excluding carboxylic acids is 2. The van der Waals surface area contributed by atoms with Gasteiger partial charge < -0.3 is 15.5 Å². The van der Waals surface area contributed by atoms with Crippen molar-refractivity contribution in [3.63, 3.8) is 0 Å². The number of urea groups is 1. The molecule has 0 spiro atoms. The molecule has 0 radical (unpaired) electrons. The van der Waals surface area contributed by atoms with E-state index in [1.54, 1.807) is 0 Å². The van der Waals surface area contributed by atoms with E-state index in [2.05, 4.69) is 26.6 Å². The average Bonchev–Trinajstić information content (AvgIpc) is 2.57. The lowest BCUT2D eigenvalue weighted by Crippen LogP contribution is -2.48. The smallest absolute Gasteiger partial charge is 0.319 e. The van der Waals surface area contributed by atoms with Gasteiger partial charge in [0.1, 0.15) is 0 Å². The maximum Gasteiger partial charge on any atom is 0.319 e. The number of hydrogen-bond donors (Lipinski definition) is 2. The van der Waals surface area contributed by atoms with Gasteiger partial charge in [-0.05, 0) is 43.9 Å². The topological polar surface area (TPSA) is 61.4 Å². The Hall–Kier alpha value is -1.56. The summed E-state index contributed by atoms with van der Waals surface area (Å²) in [5.41, 5.74) is 1.88. The predicted octanol–water partition coefficient (Wildman–Crippen LogP) is 3.92. The highest BCUT2D eigenvalue weighted by Gasteiger charge is 2.25. The zero-order chi connectivity index (χ0) is 17.7. The number of hydrogen-bond acceptors (Lipinski definition) is 2. The number of anilines is 1. The first-order chi connectivity index (χ1) is 11.4. The number of benzene rings is 1. The summed E-state index contributed by atoms with van der Waals surface area (Å²) < 4.78 is 0.970. The third-order valence-electron chi connectivity index (χ3n) is 4.61. The molecule has 2 N–H and O–H groups in total. The number of amides is 3. The number of likely N-dealkylation sites (tertiary alicyclic amines) is 1. The number of rotatable bonds is 4. The monoisotopic (exact) mass is 395 g/mol. The summed E-state index contributed by atoms with van der Waals surface area (Å²) in [6.07, 6.45) is 2.46. The average molecular weight is 396 g/mol. The Kier molecular flexibility index (Phi) is 6.66.